The van der Waals surface area contributed by atoms with E-state index in [9.17, 15) is 14.7 Å². The largest absolute Gasteiger partial charge is 0.505 e. The molecular weight excluding hydrogens is 260 g/mol. The number of hydrogen-bond acceptors (Lipinski definition) is 5. The Bertz CT molecular complexity index is 538. The fourth-order valence-electron chi connectivity index (χ4n) is 1.87. The van der Waals surface area contributed by atoms with Crippen LogP contribution in [0.25, 0.3) is 0 Å². The molecule has 0 spiro atoms. The number of benzene rings is 1. The molecule has 0 saturated carbocycles. The van der Waals surface area contributed by atoms with Crippen LogP contribution in [-0.2, 0) is 16.0 Å². The van der Waals surface area contributed by atoms with Crippen molar-refractivity contribution < 1.29 is 24.2 Å². The van der Waals surface area contributed by atoms with Crippen molar-refractivity contribution in [1.82, 2.24) is 0 Å². The average molecular weight is 271 g/mol. The number of phenols is 1. The highest BCUT2D eigenvalue weighted by Gasteiger charge is 2.34. The SMILES string of the molecule is COC(=O)[C@@H]1Cc2cc(C(C)=O)c(O)c(Cl)c2O1. The smallest absolute Gasteiger partial charge is 0.347 e. The van der Waals surface area contributed by atoms with Crippen LogP contribution >= 0.6 is 11.6 Å². The van der Waals surface area contributed by atoms with Crippen molar-refractivity contribution in [3.05, 3.63) is 22.2 Å². The van der Waals surface area contributed by atoms with E-state index in [1.54, 1.807) is 0 Å². The van der Waals surface area contributed by atoms with Gasteiger partial charge in [-0.05, 0) is 13.0 Å². The number of hydrogen-bond donors (Lipinski definition) is 1. The number of Topliss-reactive ketones (excluding diaryl/α,β-unsaturated/α-hetero) is 1. The summed E-state index contributed by atoms with van der Waals surface area (Å²) in [6, 6.07) is 1.49. The fourth-order valence-corrected chi connectivity index (χ4v) is 2.14. The summed E-state index contributed by atoms with van der Waals surface area (Å²) in [4.78, 5) is 22.7. The Labute approximate surface area is 108 Å². The van der Waals surface area contributed by atoms with E-state index in [4.69, 9.17) is 16.3 Å². The van der Waals surface area contributed by atoms with Gasteiger partial charge < -0.3 is 14.6 Å². The fraction of sp³-hybridized carbons (Fsp3) is 0.333. The molecule has 1 aromatic rings. The highest BCUT2D eigenvalue weighted by molar-refractivity contribution is 6.34. The van der Waals surface area contributed by atoms with Gasteiger partial charge in [0.05, 0.1) is 12.7 Å². The van der Waals surface area contributed by atoms with Crippen LogP contribution < -0.4 is 4.74 Å². The van der Waals surface area contributed by atoms with Gasteiger partial charge in [0, 0.05) is 12.0 Å². The number of methoxy groups -OCH3 is 1. The normalized spacial score (nSPS) is 16.9. The van der Waals surface area contributed by atoms with E-state index in [0.29, 0.717) is 5.56 Å². The Hall–Kier alpha value is -1.75. The second-order valence-electron chi connectivity index (χ2n) is 3.96. The number of halogens is 1. The van der Waals surface area contributed by atoms with E-state index in [2.05, 4.69) is 4.74 Å². The van der Waals surface area contributed by atoms with Crippen LogP contribution in [0.4, 0.5) is 0 Å². The van der Waals surface area contributed by atoms with Crippen molar-refractivity contribution in [3.63, 3.8) is 0 Å². The zero-order chi connectivity index (χ0) is 13.4. The predicted molar refractivity (Wildman–Crippen MR) is 63.3 cm³/mol. The number of ether oxygens (including phenoxy) is 2. The Morgan fingerprint density at radius 3 is 2.78 bits per heavy atom. The van der Waals surface area contributed by atoms with Crippen LogP contribution in [0.1, 0.15) is 22.8 Å². The lowest BCUT2D eigenvalue weighted by atomic mass is 10.0. The quantitative estimate of drug-likeness (QED) is 0.654. The van der Waals surface area contributed by atoms with Crippen LogP contribution in [0.5, 0.6) is 11.5 Å². The maximum Gasteiger partial charge on any atom is 0.347 e. The lowest BCUT2D eigenvalue weighted by Crippen LogP contribution is -2.26. The van der Waals surface area contributed by atoms with E-state index in [0.717, 1.165) is 0 Å². The Kier molecular flexibility index (Phi) is 3.17. The van der Waals surface area contributed by atoms with Crippen molar-refractivity contribution in [1.29, 1.82) is 0 Å². The molecule has 1 heterocycles. The molecule has 18 heavy (non-hydrogen) atoms. The maximum absolute atomic E-state index is 11.4. The molecule has 0 aromatic heterocycles. The Morgan fingerprint density at radius 2 is 2.22 bits per heavy atom. The lowest BCUT2D eigenvalue weighted by molar-refractivity contribution is -0.147. The van der Waals surface area contributed by atoms with Crippen molar-refractivity contribution in [2.45, 2.75) is 19.4 Å². The first kappa shape index (κ1) is 12.7. The summed E-state index contributed by atoms with van der Waals surface area (Å²) >= 11 is 5.92. The van der Waals surface area contributed by atoms with Gasteiger partial charge in [0.2, 0.25) is 0 Å². The van der Waals surface area contributed by atoms with Gasteiger partial charge in [-0.3, -0.25) is 4.79 Å². The standard InChI is InChI=1S/C12H11ClO5/c1-5(14)7-3-6-4-8(12(16)17-2)18-11(6)9(13)10(7)15/h3,8,15H,4H2,1-2H3/t8-/m0/s1. The monoisotopic (exact) mass is 270 g/mol. The highest BCUT2D eigenvalue weighted by atomic mass is 35.5. The molecule has 0 amide bonds. The van der Waals surface area contributed by atoms with Crippen molar-refractivity contribution >= 4 is 23.4 Å². The number of rotatable bonds is 2. The van der Waals surface area contributed by atoms with Gasteiger partial charge >= 0.3 is 5.97 Å². The zero-order valence-corrected chi connectivity index (χ0v) is 10.6. The number of carbonyl (C=O) groups excluding carboxylic acids is 2. The van der Waals surface area contributed by atoms with Crippen molar-refractivity contribution in [2.24, 2.45) is 0 Å². The number of fused-ring (bicyclic) bond motifs is 1. The predicted octanol–water partition coefficient (Wildman–Crippen LogP) is 1.72. The number of carbonyl (C=O) groups is 2. The summed E-state index contributed by atoms with van der Waals surface area (Å²) in [7, 11) is 1.26. The number of esters is 1. The van der Waals surface area contributed by atoms with Crippen LogP contribution in [0.2, 0.25) is 5.02 Å². The average Bonchev–Trinajstić information content (AvgIpc) is 2.76. The minimum atomic E-state index is -0.788. The van der Waals surface area contributed by atoms with Gasteiger partial charge in [-0.2, -0.15) is 0 Å². The molecular formula is C12H11ClO5. The minimum absolute atomic E-state index is 0.0518. The second kappa shape index (κ2) is 4.49. The van der Waals surface area contributed by atoms with Gasteiger partial charge in [-0.1, -0.05) is 11.6 Å². The Balaban J connectivity index is 2.45. The summed E-state index contributed by atoms with van der Waals surface area (Å²) in [5.74, 6) is -0.923. The first-order valence-electron chi connectivity index (χ1n) is 5.25. The van der Waals surface area contributed by atoms with E-state index in [-0.39, 0.29) is 34.3 Å². The van der Waals surface area contributed by atoms with E-state index >= 15 is 0 Å². The Morgan fingerprint density at radius 1 is 1.56 bits per heavy atom. The third-order valence-electron chi connectivity index (χ3n) is 2.78. The molecule has 0 fully saturated rings. The molecule has 6 heteroatoms. The van der Waals surface area contributed by atoms with Crippen LogP contribution in [0.15, 0.2) is 6.07 Å². The van der Waals surface area contributed by atoms with Crippen LogP contribution in [0, 0.1) is 0 Å². The summed E-state index contributed by atoms with van der Waals surface area (Å²) in [6.07, 6.45) is -0.522. The van der Waals surface area contributed by atoms with Gasteiger partial charge in [0.1, 0.15) is 16.5 Å². The molecule has 5 nitrogen and oxygen atoms in total. The zero-order valence-electron chi connectivity index (χ0n) is 9.82. The molecule has 1 aromatic carbocycles. The molecule has 96 valence electrons. The summed E-state index contributed by atoms with van der Waals surface area (Å²) in [6.45, 7) is 1.32. The molecule has 1 aliphatic heterocycles. The third-order valence-corrected chi connectivity index (χ3v) is 3.13. The molecule has 0 saturated heterocycles. The molecule has 1 N–H and O–H groups in total. The molecule has 2 rings (SSSR count). The van der Waals surface area contributed by atoms with Gasteiger partial charge in [-0.25, -0.2) is 4.79 Å². The molecule has 0 bridgehead atoms. The second-order valence-corrected chi connectivity index (χ2v) is 4.34. The molecule has 0 radical (unpaired) electrons. The minimum Gasteiger partial charge on any atom is -0.505 e. The lowest BCUT2D eigenvalue weighted by Gasteiger charge is -2.09. The summed E-state index contributed by atoms with van der Waals surface area (Å²) in [5, 5.41) is 9.71. The van der Waals surface area contributed by atoms with Gasteiger partial charge in [0.15, 0.2) is 11.9 Å². The summed E-state index contributed by atoms with van der Waals surface area (Å²) in [5.41, 5.74) is 0.728. The maximum atomic E-state index is 11.4. The summed E-state index contributed by atoms with van der Waals surface area (Å²) < 4.78 is 9.90. The van der Waals surface area contributed by atoms with E-state index in [1.165, 1.54) is 20.1 Å². The first-order chi connectivity index (χ1) is 8.45. The molecule has 1 atom stereocenters. The molecule has 1 aliphatic rings. The van der Waals surface area contributed by atoms with Gasteiger partial charge in [0.25, 0.3) is 0 Å². The van der Waals surface area contributed by atoms with Crippen molar-refractivity contribution in [3.8, 4) is 11.5 Å². The van der Waals surface area contributed by atoms with E-state index < -0.39 is 12.1 Å². The highest BCUT2D eigenvalue weighted by Crippen LogP contribution is 2.43. The van der Waals surface area contributed by atoms with Gasteiger partial charge in [-0.15, -0.1) is 0 Å². The van der Waals surface area contributed by atoms with E-state index in [1.807, 2.05) is 0 Å². The van der Waals surface area contributed by atoms with Crippen molar-refractivity contribution in [2.75, 3.05) is 7.11 Å². The molecule has 0 aliphatic carbocycles. The molecule has 0 unspecified atom stereocenters. The van der Waals surface area contributed by atoms with Crippen LogP contribution in [0.3, 0.4) is 0 Å². The van der Waals surface area contributed by atoms with Crippen LogP contribution in [-0.4, -0.2) is 30.1 Å². The number of ketones is 1. The number of phenolic OH excluding ortho intramolecular Hbond substituents is 1. The topological polar surface area (TPSA) is 72.8 Å². The third kappa shape index (κ3) is 1.90. The number of aromatic hydroxyl groups is 1. The first-order valence-corrected chi connectivity index (χ1v) is 5.63.